The molecule has 0 aromatic carbocycles. The van der Waals surface area contributed by atoms with Crippen LogP contribution in [0.5, 0.6) is 0 Å². The van der Waals surface area contributed by atoms with Crippen LogP contribution in [0.4, 0.5) is 4.79 Å². The molecular formula is C17H27N3O10S. The van der Waals surface area contributed by atoms with Gasteiger partial charge in [-0.25, -0.2) is 8.98 Å². The van der Waals surface area contributed by atoms with E-state index in [0.29, 0.717) is 17.9 Å². The minimum atomic E-state index is -4.84. The van der Waals surface area contributed by atoms with Crippen LogP contribution in [0.3, 0.4) is 0 Å². The van der Waals surface area contributed by atoms with Crippen molar-refractivity contribution in [2.24, 2.45) is 11.1 Å². The lowest BCUT2D eigenvalue weighted by Crippen LogP contribution is -2.44. The molecule has 2 bridgehead atoms. The van der Waals surface area contributed by atoms with Crippen LogP contribution in [0.2, 0.25) is 0 Å². The highest BCUT2D eigenvalue weighted by molar-refractivity contribution is 7.81. The van der Waals surface area contributed by atoms with E-state index in [4.69, 9.17) is 23.7 Å². The number of carbonyl (C=O) groups excluding carboxylic acids is 4. The summed E-state index contributed by atoms with van der Waals surface area (Å²) in [4.78, 5) is 49.5. The quantitative estimate of drug-likeness (QED) is 0.308. The van der Waals surface area contributed by atoms with E-state index in [1.807, 2.05) is 0 Å². The van der Waals surface area contributed by atoms with Gasteiger partial charge in [0.05, 0.1) is 25.9 Å². The second-order valence-corrected chi connectivity index (χ2v) is 8.54. The molecule has 2 saturated heterocycles. The molecule has 2 N–H and O–H groups in total. The molecule has 31 heavy (non-hydrogen) atoms. The van der Waals surface area contributed by atoms with Gasteiger partial charge in [-0.2, -0.15) is 13.5 Å². The zero-order chi connectivity index (χ0) is 23.4. The van der Waals surface area contributed by atoms with Gasteiger partial charge in [0.1, 0.15) is 0 Å². The summed E-state index contributed by atoms with van der Waals surface area (Å²) in [6, 6.07) is -1.77. The van der Waals surface area contributed by atoms with E-state index in [0.717, 1.165) is 6.92 Å². The predicted molar refractivity (Wildman–Crippen MR) is 102 cm³/mol. The molecule has 0 unspecified atom stereocenters. The third kappa shape index (κ3) is 5.62. The van der Waals surface area contributed by atoms with Crippen LogP contribution in [0.1, 0.15) is 40.0 Å². The number of fused-ring (bicyclic) bond motifs is 2. The van der Waals surface area contributed by atoms with E-state index in [9.17, 15) is 27.6 Å². The fourth-order valence-electron chi connectivity index (χ4n) is 3.35. The second kappa shape index (κ2) is 9.78. The number of rotatable bonds is 11. The summed E-state index contributed by atoms with van der Waals surface area (Å²) in [6.07, 6.45) is 0.788. The molecule has 176 valence electrons. The highest BCUT2D eigenvalue weighted by Crippen LogP contribution is 2.32. The van der Waals surface area contributed by atoms with Crippen LogP contribution in [0.25, 0.3) is 0 Å². The molecule has 0 aliphatic carbocycles. The van der Waals surface area contributed by atoms with Gasteiger partial charge in [0.2, 0.25) is 5.91 Å². The van der Waals surface area contributed by atoms with Gasteiger partial charge in [0, 0.05) is 19.0 Å². The lowest BCUT2D eigenvalue weighted by molar-refractivity contribution is -0.173. The predicted octanol–water partition coefficient (Wildman–Crippen LogP) is -0.544. The molecule has 0 aromatic rings. The van der Waals surface area contributed by atoms with Crippen molar-refractivity contribution in [2.45, 2.75) is 52.1 Å². The topological polar surface area (TPSA) is 172 Å². The van der Waals surface area contributed by atoms with Crippen molar-refractivity contribution < 1.29 is 45.5 Å². The summed E-state index contributed by atoms with van der Waals surface area (Å²) < 4.78 is 43.9. The van der Waals surface area contributed by atoms with Gasteiger partial charge in [-0.3, -0.25) is 14.4 Å². The monoisotopic (exact) mass is 465 g/mol. The molecular weight excluding hydrogens is 438 g/mol. The number of primary amides is 1. The molecule has 0 spiro atoms. The second-order valence-electron chi connectivity index (χ2n) is 7.33. The van der Waals surface area contributed by atoms with E-state index in [1.165, 1.54) is 18.7 Å². The minimum Gasteiger partial charge on any atom is -0.465 e. The number of amides is 3. The minimum absolute atomic E-state index is 0.0486. The van der Waals surface area contributed by atoms with Crippen LogP contribution in [-0.2, 0) is 42.7 Å². The number of piperidine rings is 1. The summed E-state index contributed by atoms with van der Waals surface area (Å²) in [7, 11) is -4.84. The Morgan fingerprint density at radius 3 is 2.23 bits per heavy atom. The van der Waals surface area contributed by atoms with Crippen LogP contribution in [0.15, 0.2) is 0 Å². The number of urea groups is 1. The van der Waals surface area contributed by atoms with Crippen LogP contribution < -0.4 is 5.73 Å². The van der Waals surface area contributed by atoms with Gasteiger partial charge in [0.25, 0.3) is 0 Å². The van der Waals surface area contributed by atoms with Crippen molar-refractivity contribution in [3.05, 3.63) is 0 Å². The summed E-state index contributed by atoms with van der Waals surface area (Å²) in [5, 5.41) is 0.655. The maximum Gasteiger partial charge on any atom is 0.421 e. The molecule has 2 atom stereocenters. The smallest absolute Gasteiger partial charge is 0.421 e. The van der Waals surface area contributed by atoms with Gasteiger partial charge in [0.15, 0.2) is 5.41 Å². The maximum atomic E-state index is 12.6. The number of ether oxygens (including phenoxy) is 2. The van der Waals surface area contributed by atoms with Crippen LogP contribution in [-0.4, -0.2) is 80.7 Å². The molecule has 2 aliphatic rings. The molecule has 2 aliphatic heterocycles. The number of hydroxylamine groups is 2. The van der Waals surface area contributed by atoms with Crippen molar-refractivity contribution >= 4 is 34.3 Å². The summed E-state index contributed by atoms with van der Waals surface area (Å²) in [5.41, 5.74) is 3.13. The van der Waals surface area contributed by atoms with Crippen molar-refractivity contribution in [3.63, 3.8) is 0 Å². The van der Waals surface area contributed by atoms with E-state index in [1.54, 1.807) is 0 Å². The average Bonchev–Trinajstić information content (AvgIpc) is 2.93. The number of hydrogen-bond acceptors (Lipinski definition) is 10. The van der Waals surface area contributed by atoms with E-state index in [-0.39, 0.29) is 26.2 Å². The molecule has 3 amide bonds. The van der Waals surface area contributed by atoms with Crippen LogP contribution >= 0.6 is 0 Å². The number of esters is 2. The summed E-state index contributed by atoms with van der Waals surface area (Å²) >= 11 is 0. The third-order valence-corrected chi connectivity index (χ3v) is 5.75. The Labute approximate surface area is 180 Å². The Bertz CT molecular complexity index is 812. The highest BCUT2D eigenvalue weighted by Gasteiger charge is 2.49. The van der Waals surface area contributed by atoms with Crippen LogP contribution in [0, 0.1) is 5.41 Å². The van der Waals surface area contributed by atoms with Crippen molar-refractivity contribution in [1.82, 2.24) is 9.96 Å². The summed E-state index contributed by atoms with van der Waals surface area (Å²) in [5.74, 6) is -2.64. The molecule has 2 rings (SSSR count). The lowest BCUT2D eigenvalue weighted by Gasteiger charge is -2.29. The number of nitrogens with two attached hydrogens (primary N) is 1. The van der Waals surface area contributed by atoms with Gasteiger partial charge < -0.3 is 20.1 Å². The molecule has 13 nitrogen and oxygen atoms in total. The Morgan fingerprint density at radius 1 is 1.13 bits per heavy atom. The normalized spacial score (nSPS) is 21.2. The van der Waals surface area contributed by atoms with Crippen molar-refractivity contribution in [1.29, 1.82) is 0 Å². The first-order valence-corrected chi connectivity index (χ1v) is 11.1. The fourth-order valence-corrected chi connectivity index (χ4v) is 4.15. The lowest BCUT2D eigenvalue weighted by atomic mass is 9.92. The summed E-state index contributed by atoms with van der Waals surface area (Å²) in [6.45, 7) is 3.26. The zero-order valence-electron chi connectivity index (χ0n) is 17.6. The van der Waals surface area contributed by atoms with Crippen molar-refractivity contribution in [3.8, 4) is 0 Å². The zero-order valence-corrected chi connectivity index (χ0v) is 18.4. The van der Waals surface area contributed by atoms with Gasteiger partial charge in [-0.1, -0.05) is 0 Å². The van der Waals surface area contributed by atoms with Gasteiger partial charge in [-0.05, 0) is 33.6 Å². The van der Waals surface area contributed by atoms with Gasteiger partial charge >= 0.3 is 28.4 Å². The molecule has 0 radical (unpaired) electrons. The number of hydrogen-bond donors (Lipinski definition) is 1. The molecule has 2 fully saturated rings. The maximum absolute atomic E-state index is 12.6. The molecule has 14 heteroatoms. The SMILES string of the molecule is CCOC(=O)C(C)(COS(=O)(=O)ON1C(=O)N2C[C@H]1CC[C@H]2CC(N)=O)C(=O)OCC. The average molecular weight is 465 g/mol. The van der Waals surface area contributed by atoms with Gasteiger partial charge in [-0.15, -0.1) is 4.28 Å². The Hall–Kier alpha value is -2.45. The van der Waals surface area contributed by atoms with E-state index in [2.05, 4.69) is 0 Å². The first-order chi connectivity index (χ1) is 14.4. The Balaban J connectivity index is 2.08. The molecule has 0 aromatic heterocycles. The van der Waals surface area contributed by atoms with E-state index < -0.39 is 58.4 Å². The Morgan fingerprint density at radius 2 is 1.71 bits per heavy atom. The standard InChI is InChI=1S/C17H27N3O10S/c1-4-27-14(22)17(3,15(23)28-5-2)10-29-31(25,26)30-20-12-7-6-11(8-13(18)21)19(9-12)16(20)24/h11-12H,4-10H2,1-3H3,(H2,18,21)/t11-,12+/m0/s1. The largest absolute Gasteiger partial charge is 0.465 e. The highest BCUT2D eigenvalue weighted by atomic mass is 32.3. The number of carbonyl (C=O) groups is 4. The first-order valence-electron chi connectivity index (χ1n) is 9.76. The molecule has 0 saturated carbocycles. The third-order valence-electron chi connectivity index (χ3n) is 5.00. The Kier molecular flexibility index (Phi) is 7.83. The first kappa shape index (κ1) is 24.8. The van der Waals surface area contributed by atoms with Crippen molar-refractivity contribution in [2.75, 3.05) is 26.4 Å². The number of nitrogens with zero attached hydrogens (tertiary/aromatic N) is 2. The molecule has 2 heterocycles. The van der Waals surface area contributed by atoms with E-state index >= 15 is 0 Å². The fraction of sp³-hybridized carbons (Fsp3) is 0.765.